The second-order valence-corrected chi connectivity index (χ2v) is 9.76. The van der Waals surface area contributed by atoms with Crippen molar-refractivity contribution in [1.82, 2.24) is 9.21 Å². The normalized spacial score (nSPS) is 21.0. The Balaban J connectivity index is 1.68. The minimum atomic E-state index is -3.42. The molecular formula is C17H26N2O5S2. The van der Waals surface area contributed by atoms with Gasteiger partial charge in [-0.05, 0) is 37.1 Å². The molecule has 146 valence electrons. The molecule has 2 aliphatic heterocycles. The van der Waals surface area contributed by atoms with Crippen LogP contribution in [0, 0.1) is 0 Å². The standard InChI is InChI=1S/C17H26N2O5S2/c1-23-13-16(20)19(15-6-10-24-11-7-15)14-4-8-18(9-5-14)26(21,22)17-3-2-12-25-17/h2-3,12,14-15H,4-11,13H2,1H3. The zero-order valence-corrected chi connectivity index (χ0v) is 16.6. The van der Waals surface area contributed by atoms with E-state index in [1.54, 1.807) is 17.5 Å². The van der Waals surface area contributed by atoms with E-state index in [1.807, 2.05) is 4.90 Å². The van der Waals surface area contributed by atoms with Crippen molar-refractivity contribution in [2.75, 3.05) is 40.0 Å². The van der Waals surface area contributed by atoms with Gasteiger partial charge in [-0.25, -0.2) is 8.42 Å². The number of methoxy groups -OCH3 is 1. The molecule has 0 unspecified atom stereocenters. The highest BCUT2D eigenvalue weighted by molar-refractivity contribution is 7.91. The fourth-order valence-electron chi connectivity index (χ4n) is 3.76. The number of carbonyl (C=O) groups is 1. The number of thiophene rings is 1. The van der Waals surface area contributed by atoms with Gasteiger partial charge in [0.2, 0.25) is 5.91 Å². The molecule has 0 saturated carbocycles. The third-order valence-corrected chi connectivity index (χ3v) is 8.32. The molecule has 26 heavy (non-hydrogen) atoms. The molecule has 9 heteroatoms. The lowest BCUT2D eigenvalue weighted by atomic mass is 9.98. The number of rotatable bonds is 6. The van der Waals surface area contributed by atoms with Crippen LogP contribution in [0.5, 0.6) is 0 Å². The smallest absolute Gasteiger partial charge is 0.252 e. The van der Waals surface area contributed by atoms with Crippen molar-refractivity contribution in [3.63, 3.8) is 0 Å². The minimum Gasteiger partial charge on any atom is -0.381 e. The molecular weight excluding hydrogens is 376 g/mol. The second-order valence-electron chi connectivity index (χ2n) is 6.64. The van der Waals surface area contributed by atoms with Crippen LogP contribution in [0.3, 0.4) is 0 Å². The predicted molar refractivity (Wildman–Crippen MR) is 98.7 cm³/mol. The van der Waals surface area contributed by atoms with Crippen molar-refractivity contribution in [3.05, 3.63) is 17.5 Å². The Morgan fingerprint density at radius 2 is 1.92 bits per heavy atom. The van der Waals surface area contributed by atoms with Crippen LogP contribution in [0.15, 0.2) is 21.7 Å². The van der Waals surface area contributed by atoms with Gasteiger partial charge in [0.1, 0.15) is 10.8 Å². The summed E-state index contributed by atoms with van der Waals surface area (Å²) in [6, 6.07) is 3.59. The summed E-state index contributed by atoms with van der Waals surface area (Å²) >= 11 is 1.24. The number of nitrogens with zero attached hydrogens (tertiary/aromatic N) is 2. The monoisotopic (exact) mass is 402 g/mol. The predicted octanol–water partition coefficient (Wildman–Crippen LogP) is 1.56. The average molecular weight is 403 g/mol. The van der Waals surface area contributed by atoms with Gasteiger partial charge in [0.15, 0.2) is 0 Å². The van der Waals surface area contributed by atoms with Gasteiger partial charge in [0, 0.05) is 45.5 Å². The van der Waals surface area contributed by atoms with E-state index < -0.39 is 10.0 Å². The first-order valence-corrected chi connectivity index (χ1v) is 11.3. The lowest BCUT2D eigenvalue weighted by molar-refractivity contribution is -0.143. The number of ether oxygens (including phenoxy) is 2. The van der Waals surface area contributed by atoms with Crippen LogP contribution in [0.1, 0.15) is 25.7 Å². The molecule has 0 spiro atoms. The SMILES string of the molecule is COCC(=O)N(C1CCOCC1)C1CCN(S(=O)(=O)c2cccs2)CC1. The van der Waals surface area contributed by atoms with Crippen LogP contribution >= 0.6 is 11.3 Å². The van der Waals surface area contributed by atoms with E-state index in [0.717, 1.165) is 12.8 Å². The summed E-state index contributed by atoms with van der Waals surface area (Å²) in [6.07, 6.45) is 2.95. The number of amides is 1. The van der Waals surface area contributed by atoms with Crippen LogP contribution in [0.25, 0.3) is 0 Å². The molecule has 7 nitrogen and oxygen atoms in total. The molecule has 0 N–H and O–H groups in total. The fraction of sp³-hybridized carbons (Fsp3) is 0.706. The number of carbonyl (C=O) groups excluding carboxylic acids is 1. The molecule has 0 radical (unpaired) electrons. The Morgan fingerprint density at radius 1 is 1.27 bits per heavy atom. The third-order valence-electron chi connectivity index (χ3n) is 5.05. The van der Waals surface area contributed by atoms with E-state index in [4.69, 9.17) is 9.47 Å². The lowest BCUT2D eigenvalue weighted by Crippen LogP contribution is -2.54. The molecule has 1 amide bonds. The highest BCUT2D eigenvalue weighted by Crippen LogP contribution is 2.28. The Bertz CT molecular complexity index is 678. The van der Waals surface area contributed by atoms with Gasteiger partial charge >= 0.3 is 0 Å². The zero-order chi connectivity index (χ0) is 18.6. The summed E-state index contributed by atoms with van der Waals surface area (Å²) in [5.74, 6) is -0.0148. The molecule has 2 saturated heterocycles. The van der Waals surface area contributed by atoms with Crippen LogP contribution in [0.4, 0.5) is 0 Å². The van der Waals surface area contributed by atoms with E-state index in [2.05, 4.69) is 0 Å². The fourth-order valence-corrected chi connectivity index (χ4v) is 6.38. The Hall–Kier alpha value is -1.00. The van der Waals surface area contributed by atoms with Crippen LogP contribution in [-0.2, 0) is 24.3 Å². The first-order valence-electron chi connectivity index (χ1n) is 8.95. The van der Waals surface area contributed by atoms with Crippen molar-refractivity contribution in [2.45, 2.75) is 42.0 Å². The summed E-state index contributed by atoms with van der Waals surface area (Å²) < 4.78 is 37.8. The van der Waals surface area contributed by atoms with Gasteiger partial charge in [-0.15, -0.1) is 11.3 Å². The van der Waals surface area contributed by atoms with Crippen molar-refractivity contribution in [3.8, 4) is 0 Å². The quantitative estimate of drug-likeness (QED) is 0.722. The molecule has 1 aromatic rings. The third kappa shape index (κ3) is 4.28. The Kier molecular flexibility index (Phi) is 6.68. The van der Waals surface area contributed by atoms with Gasteiger partial charge in [-0.2, -0.15) is 4.31 Å². The number of hydrogen-bond donors (Lipinski definition) is 0. The molecule has 0 atom stereocenters. The van der Waals surface area contributed by atoms with Gasteiger partial charge in [0.25, 0.3) is 10.0 Å². The van der Waals surface area contributed by atoms with Gasteiger partial charge < -0.3 is 14.4 Å². The van der Waals surface area contributed by atoms with E-state index in [9.17, 15) is 13.2 Å². The van der Waals surface area contributed by atoms with E-state index >= 15 is 0 Å². The maximum atomic E-state index is 12.7. The van der Waals surface area contributed by atoms with Gasteiger partial charge in [-0.1, -0.05) is 6.07 Å². The number of piperidine rings is 1. The second kappa shape index (κ2) is 8.79. The Morgan fingerprint density at radius 3 is 2.50 bits per heavy atom. The van der Waals surface area contributed by atoms with Crippen LogP contribution < -0.4 is 0 Å². The highest BCUT2D eigenvalue weighted by atomic mass is 32.2. The molecule has 3 rings (SSSR count). The maximum Gasteiger partial charge on any atom is 0.252 e. The maximum absolute atomic E-state index is 12.7. The number of hydrogen-bond acceptors (Lipinski definition) is 6. The largest absolute Gasteiger partial charge is 0.381 e. The highest BCUT2D eigenvalue weighted by Gasteiger charge is 2.36. The van der Waals surface area contributed by atoms with Gasteiger partial charge in [0.05, 0.1) is 0 Å². The van der Waals surface area contributed by atoms with Crippen molar-refractivity contribution < 1.29 is 22.7 Å². The molecule has 3 heterocycles. The molecule has 0 aromatic carbocycles. The summed E-state index contributed by atoms with van der Waals surface area (Å²) in [4.78, 5) is 14.6. The number of sulfonamides is 1. The first-order chi connectivity index (χ1) is 12.5. The van der Waals surface area contributed by atoms with E-state index in [-0.39, 0.29) is 24.6 Å². The first kappa shape index (κ1) is 19.8. The summed E-state index contributed by atoms with van der Waals surface area (Å²) in [6.45, 7) is 2.25. The molecule has 1 aromatic heterocycles. The summed E-state index contributed by atoms with van der Waals surface area (Å²) in [5.41, 5.74) is 0. The van der Waals surface area contributed by atoms with Crippen molar-refractivity contribution in [1.29, 1.82) is 0 Å². The van der Waals surface area contributed by atoms with Crippen molar-refractivity contribution in [2.24, 2.45) is 0 Å². The molecule has 2 fully saturated rings. The van der Waals surface area contributed by atoms with Crippen molar-refractivity contribution >= 4 is 27.3 Å². The van der Waals surface area contributed by atoms with Crippen LogP contribution in [0.2, 0.25) is 0 Å². The average Bonchev–Trinajstić information content (AvgIpc) is 3.19. The summed E-state index contributed by atoms with van der Waals surface area (Å²) in [7, 11) is -1.90. The topological polar surface area (TPSA) is 76.2 Å². The van der Waals surface area contributed by atoms with Gasteiger partial charge in [-0.3, -0.25) is 4.79 Å². The van der Waals surface area contributed by atoms with Crippen LogP contribution in [-0.4, -0.2) is 75.6 Å². The lowest BCUT2D eigenvalue weighted by Gasteiger charge is -2.43. The minimum absolute atomic E-state index is 0.0148. The summed E-state index contributed by atoms with van der Waals surface area (Å²) in [5, 5.41) is 1.77. The molecule has 0 bridgehead atoms. The zero-order valence-electron chi connectivity index (χ0n) is 15.0. The Labute approximate surface area is 158 Å². The molecule has 2 aliphatic rings. The molecule has 0 aliphatic carbocycles. The van der Waals surface area contributed by atoms with E-state index in [0.29, 0.717) is 43.4 Å². The van der Waals surface area contributed by atoms with E-state index in [1.165, 1.54) is 22.8 Å².